The minimum Gasteiger partial charge on any atom is -0.456 e. The maximum Gasteiger partial charge on any atom is 0.136 e. The normalized spacial score (nSPS) is 12.8. The predicted molar refractivity (Wildman–Crippen MR) is 274 cm³/mol. The molecule has 11 aromatic carbocycles. The van der Waals surface area contributed by atoms with Gasteiger partial charge >= 0.3 is 0 Å². The smallest absolute Gasteiger partial charge is 0.136 e. The highest BCUT2D eigenvalue weighted by atomic mass is 16.3. The lowest BCUT2D eigenvalue weighted by Crippen LogP contribution is -2.09. The van der Waals surface area contributed by atoms with Gasteiger partial charge < -0.3 is 13.9 Å². The van der Waals surface area contributed by atoms with E-state index in [-0.39, 0.29) is 29.9 Å². The van der Waals surface area contributed by atoms with Crippen LogP contribution in [0.1, 0.15) is 6.85 Å². The Balaban J connectivity index is 0.914. The van der Waals surface area contributed by atoms with Crippen molar-refractivity contribution in [1.82, 2.24) is 4.57 Å². The molecule has 0 spiro atoms. The number of benzene rings is 11. The van der Waals surface area contributed by atoms with Crippen LogP contribution in [0.4, 0.5) is 17.1 Å². The standard InChI is InChI=1S/C62H40N2O/c1-3-17-48(18-4-1)63(51-33-27-43(28-34-51)53-23-12-14-42-13-7-8-21-52(42)53)50-31-25-41(26-32-50)44-15-11-16-45(37-44)46-29-35-58-57(38-46)62-55-40-56-54-22-9-10-24-60(54)65-61(56)39-47(55)30-36-59(62)64(58)49-19-5-2-6-20-49/h1-40H/i2D,5D,6D,19D,20D. The molecule has 3 heteroatoms. The second-order valence-corrected chi connectivity index (χ2v) is 16.5. The zero-order chi connectivity index (χ0) is 47.2. The van der Waals surface area contributed by atoms with Gasteiger partial charge in [0.2, 0.25) is 0 Å². The Morgan fingerprint density at radius 3 is 1.82 bits per heavy atom. The molecule has 13 aromatic rings. The molecule has 0 fully saturated rings. The molecule has 0 saturated heterocycles. The van der Waals surface area contributed by atoms with Gasteiger partial charge in [-0.2, -0.15) is 0 Å². The maximum atomic E-state index is 9.06. The van der Waals surface area contributed by atoms with E-state index in [1.165, 1.54) is 21.9 Å². The number of aromatic nitrogens is 1. The molecule has 13 rings (SSSR count). The van der Waals surface area contributed by atoms with E-state index in [0.29, 0.717) is 0 Å². The van der Waals surface area contributed by atoms with E-state index in [9.17, 15) is 0 Å². The average Bonchev–Trinajstić information content (AvgIpc) is 3.94. The third-order valence-corrected chi connectivity index (χ3v) is 12.8. The van der Waals surface area contributed by atoms with Gasteiger partial charge in [0.1, 0.15) is 11.2 Å². The minimum absolute atomic E-state index is 0.113. The first-order valence-corrected chi connectivity index (χ1v) is 21.8. The molecule has 0 aliphatic rings. The average molecular weight is 834 g/mol. The summed E-state index contributed by atoms with van der Waals surface area (Å²) in [6.45, 7) is 0. The van der Waals surface area contributed by atoms with E-state index in [2.05, 4.69) is 175 Å². The first kappa shape index (κ1) is 32.1. The SMILES string of the molecule is [2H]c1c([2H])c([2H])c(-n2c3ccc(-c4cccc(-c5ccc(N(c6ccccc6)c6ccc(-c7cccc8ccccc78)cc6)cc5)c4)cc3c3c4cc5c(cc4ccc32)oc2ccccc25)c([2H])c1[2H]. The molecule has 65 heavy (non-hydrogen) atoms. The number of hydrogen-bond acceptors (Lipinski definition) is 2. The van der Waals surface area contributed by atoms with Crippen molar-refractivity contribution in [3.63, 3.8) is 0 Å². The molecule has 0 atom stereocenters. The monoisotopic (exact) mass is 833 g/mol. The third kappa shape index (κ3) is 6.20. The van der Waals surface area contributed by atoms with Crippen LogP contribution in [0.25, 0.3) is 104 Å². The van der Waals surface area contributed by atoms with Crippen molar-refractivity contribution in [2.75, 3.05) is 4.90 Å². The Hall–Kier alpha value is -8.66. The zero-order valence-electron chi connectivity index (χ0n) is 40.0. The van der Waals surface area contributed by atoms with Gasteiger partial charge in [0.25, 0.3) is 0 Å². The first-order chi connectivity index (χ1) is 34.3. The summed E-state index contributed by atoms with van der Waals surface area (Å²) in [6, 6.07) is 72.3. The summed E-state index contributed by atoms with van der Waals surface area (Å²) in [5.74, 6) is 0. The van der Waals surface area contributed by atoms with Gasteiger partial charge in [0.15, 0.2) is 0 Å². The molecule has 0 bridgehead atoms. The van der Waals surface area contributed by atoms with Gasteiger partial charge in [0.05, 0.1) is 17.9 Å². The molecule has 0 unspecified atom stereocenters. The Kier molecular flexibility index (Phi) is 7.41. The van der Waals surface area contributed by atoms with Crippen LogP contribution >= 0.6 is 0 Å². The first-order valence-electron chi connectivity index (χ1n) is 24.3. The van der Waals surface area contributed by atoms with Crippen LogP contribution in [0, 0.1) is 0 Å². The van der Waals surface area contributed by atoms with E-state index in [1.54, 1.807) is 0 Å². The van der Waals surface area contributed by atoms with Crippen LogP contribution < -0.4 is 4.90 Å². The van der Waals surface area contributed by atoms with Gasteiger partial charge in [-0.05, 0) is 146 Å². The number of para-hydroxylation sites is 3. The molecular weight excluding hydrogens is 789 g/mol. The lowest BCUT2D eigenvalue weighted by Gasteiger charge is -2.26. The van der Waals surface area contributed by atoms with Gasteiger partial charge in [-0.25, -0.2) is 0 Å². The lowest BCUT2D eigenvalue weighted by atomic mass is 9.96. The third-order valence-electron chi connectivity index (χ3n) is 12.8. The van der Waals surface area contributed by atoms with Crippen LogP contribution in [-0.2, 0) is 0 Å². The summed E-state index contributed by atoms with van der Waals surface area (Å²) in [5.41, 5.74) is 12.9. The molecule has 0 saturated carbocycles. The lowest BCUT2D eigenvalue weighted by molar-refractivity contribution is 0.669. The van der Waals surface area contributed by atoms with Gasteiger partial charge in [0, 0.05) is 44.3 Å². The molecule has 0 aliphatic heterocycles. The summed E-state index contributed by atoms with van der Waals surface area (Å²) >= 11 is 0. The molecule has 3 nitrogen and oxygen atoms in total. The van der Waals surface area contributed by atoms with E-state index in [0.717, 1.165) is 93.8 Å². The molecule has 0 aliphatic carbocycles. The van der Waals surface area contributed by atoms with Crippen LogP contribution in [0.2, 0.25) is 0 Å². The molecule has 2 aromatic heterocycles. The van der Waals surface area contributed by atoms with E-state index in [1.807, 2.05) is 47.0 Å². The fourth-order valence-corrected chi connectivity index (χ4v) is 9.81. The van der Waals surface area contributed by atoms with Gasteiger partial charge in [-0.1, -0.05) is 152 Å². The molecule has 304 valence electrons. The summed E-state index contributed by atoms with van der Waals surface area (Å²) in [4.78, 5) is 2.28. The Bertz CT molecular complexity index is 4200. The molecule has 0 radical (unpaired) electrons. The van der Waals surface area contributed by atoms with Crippen molar-refractivity contribution in [2.45, 2.75) is 0 Å². The highest BCUT2D eigenvalue weighted by Crippen LogP contribution is 2.43. The van der Waals surface area contributed by atoms with Crippen molar-refractivity contribution >= 4 is 82.4 Å². The molecule has 0 amide bonds. The zero-order valence-corrected chi connectivity index (χ0v) is 35.0. The fraction of sp³-hybridized carbons (Fsp3) is 0. The van der Waals surface area contributed by atoms with E-state index < -0.39 is 6.04 Å². The summed E-state index contributed by atoms with van der Waals surface area (Å²) in [7, 11) is 0. The number of rotatable bonds is 7. The van der Waals surface area contributed by atoms with Crippen molar-refractivity contribution in [2.24, 2.45) is 0 Å². The Morgan fingerprint density at radius 1 is 0.369 bits per heavy atom. The number of hydrogen-bond donors (Lipinski definition) is 0. The second-order valence-electron chi connectivity index (χ2n) is 16.5. The van der Waals surface area contributed by atoms with Crippen LogP contribution in [-0.4, -0.2) is 4.57 Å². The number of furan rings is 1. The van der Waals surface area contributed by atoms with Crippen molar-refractivity contribution in [3.05, 3.63) is 243 Å². The van der Waals surface area contributed by atoms with Crippen molar-refractivity contribution < 1.29 is 11.3 Å². The van der Waals surface area contributed by atoms with E-state index in [4.69, 9.17) is 11.3 Å². The number of nitrogens with zero attached hydrogens (tertiary/aromatic N) is 2. The molecular formula is C62H40N2O. The minimum atomic E-state index is -0.424. The number of fused-ring (bicyclic) bond motifs is 9. The van der Waals surface area contributed by atoms with Crippen LogP contribution in [0.3, 0.4) is 0 Å². The molecule has 2 heterocycles. The second kappa shape index (κ2) is 15.0. The van der Waals surface area contributed by atoms with Crippen molar-refractivity contribution in [3.8, 4) is 39.1 Å². The van der Waals surface area contributed by atoms with Gasteiger partial charge in [-0.15, -0.1) is 0 Å². The number of anilines is 3. The highest BCUT2D eigenvalue weighted by molar-refractivity contribution is 6.24. The largest absolute Gasteiger partial charge is 0.456 e. The summed E-state index contributed by atoms with van der Waals surface area (Å²) in [6.07, 6.45) is 0. The maximum absolute atomic E-state index is 9.06. The summed E-state index contributed by atoms with van der Waals surface area (Å²) < 4.78 is 51.8. The van der Waals surface area contributed by atoms with E-state index >= 15 is 0 Å². The summed E-state index contributed by atoms with van der Waals surface area (Å²) in [5, 5.41) is 8.22. The Labute approximate surface area is 383 Å². The van der Waals surface area contributed by atoms with Gasteiger partial charge in [-0.3, -0.25) is 0 Å². The highest BCUT2D eigenvalue weighted by Gasteiger charge is 2.19. The quantitative estimate of drug-likeness (QED) is 0.160. The van der Waals surface area contributed by atoms with Crippen LogP contribution in [0.5, 0.6) is 0 Å². The topological polar surface area (TPSA) is 21.3 Å². The predicted octanol–water partition coefficient (Wildman–Crippen LogP) is 17.5. The molecule has 0 N–H and O–H groups in total. The fourth-order valence-electron chi connectivity index (χ4n) is 9.81. The van der Waals surface area contributed by atoms with Crippen LogP contribution in [0.15, 0.2) is 247 Å². The van der Waals surface area contributed by atoms with Crippen molar-refractivity contribution in [1.29, 1.82) is 0 Å². The Morgan fingerprint density at radius 2 is 1.00 bits per heavy atom.